The van der Waals surface area contributed by atoms with Crippen LogP contribution in [0.4, 0.5) is 4.39 Å². The van der Waals surface area contributed by atoms with Crippen LogP contribution in [0.1, 0.15) is 24.2 Å². The summed E-state index contributed by atoms with van der Waals surface area (Å²) in [5, 5.41) is 2.57. The number of benzene rings is 1. The lowest BCUT2D eigenvalue weighted by molar-refractivity contribution is 0.0871. The zero-order valence-corrected chi connectivity index (χ0v) is 14.5. The number of hydrogen-bond acceptors (Lipinski definition) is 4. The Labute approximate surface area is 135 Å². The molecule has 0 aliphatic rings. The third kappa shape index (κ3) is 5.21. The van der Waals surface area contributed by atoms with Gasteiger partial charge in [-0.25, -0.2) is 12.8 Å². The highest BCUT2D eigenvalue weighted by Gasteiger charge is 2.21. The van der Waals surface area contributed by atoms with Gasteiger partial charge in [0, 0.05) is 28.9 Å². The van der Waals surface area contributed by atoms with Crippen LogP contribution in [-0.4, -0.2) is 33.6 Å². The van der Waals surface area contributed by atoms with Gasteiger partial charge in [0.2, 0.25) is 0 Å². The van der Waals surface area contributed by atoms with E-state index < -0.39 is 25.7 Å². The fourth-order valence-corrected chi connectivity index (χ4v) is 3.61. The highest BCUT2D eigenvalue weighted by molar-refractivity contribution is 9.10. The first-order valence-electron chi connectivity index (χ1n) is 5.99. The lowest BCUT2D eigenvalue weighted by Gasteiger charge is -2.14. The molecule has 0 bridgehead atoms. The molecule has 0 aliphatic heterocycles. The van der Waals surface area contributed by atoms with Gasteiger partial charge in [0.05, 0.1) is 11.1 Å². The van der Waals surface area contributed by atoms with Crippen LogP contribution in [0.15, 0.2) is 21.5 Å². The van der Waals surface area contributed by atoms with E-state index in [2.05, 4.69) is 21.2 Å². The van der Waals surface area contributed by atoms with Crippen molar-refractivity contribution in [2.45, 2.75) is 24.8 Å². The van der Waals surface area contributed by atoms with Crippen molar-refractivity contribution in [3.05, 3.63) is 28.0 Å². The van der Waals surface area contributed by atoms with Gasteiger partial charge < -0.3 is 10.1 Å². The number of carbonyl (C=O) groups excluding carboxylic acids is 1. The van der Waals surface area contributed by atoms with E-state index in [-0.39, 0.29) is 16.1 Å². The van der Waals surface area contributed by atoms with Gasteiger partial charge in [0.1, 0.15) is 10.7 Å². The van der Waals surface area contributed by atoms with Crippen molar-refractivity contribution in [1.82, 2.24) is 5.32 Å². The summed E-state index contributed by atoms with van der Waals surface area (Å²) in [6, 6.07) is 1.64. The van der Waals surface area contributed by atoms with Crippen LogP contribution in [0.25, 0.3) is 0 Å². The number of rotatable bonds is 6. The van der Waals surface area contributed by atoms with Crippen LogP contribution in [0.3, 0.4) is 0 Å². The fraction of sp³-hybridized carbons (Fsp3) is 0.417. The van der Waals surface area contributed by atoms with E-state index in [1.165, 1.54) is 0 Å². The average Bonchev–Trinajstić information content (AvgIpc) is 2.37. The molecule has 9 heteroatoms. The molecule has 1 aromatic carbocycles. The van der Waals surface area contributed by atoms with E-state index in [0.29, 0.717) is 13.2 Å². The Kier molecular flexibility index (Phi) is 6.58. The monoisotopic (exact) mass is 401 g/mol. The van der Waals surface area contributed by atoms with E-state index in [4.69, 9.17) is 15.4 Å². The molecule has 1 N–H and O–H groups in total. The topological polar surface area (TPSA) is 72.5 Å². The lowest BCUT2D eigenvalue weighted by atomic mass is 10.2. The molecule has 0 radical (unpaired) electrons. The first kappa shape index (κ1) is 18.3. The molecule has 1 amide bonds. The zero-order valence-electron chi connectivity index (χ0n) is 11.3. The smallest absolute Gasteiger partial charge is 0.262 e. The first-order valence-corrected chi connectivity index (χ1v) is 9.09. The highest BCUT2D eigenvalue weighted by Crippen LogP contribution is 2.29. The third-order valence-corrected chi connectivity index (χ3v) is 4.88. The Balaban J connectivity index is 3.04. The molecule has 0 saturated carbocycles. The standard InChI is InChI=1S/C12H14BrClFNO4S/c1-3-20-6-7(2)16-12(17)8-4-9(15)11(13)10(5-8)21(14,18)19/h4-5,7H,3,6H2,1-2H3,(H,16,17). The zero-order chi connectivity index (χ0) is 16.2. The molecule has 1 aromatic rings. The van der Waals surface area contributed by atoms with Gasteiger partial charge in [0.15, 0.2) is 0 Å². The molecule has 0 aliphatic carbocycles. The van der Waals surface area contributed by atoms with Crippen molar-refractivity contribution in [3.63, 3.8) is 0 Å². The minimum atomic E-state index is -4.17. The second-order valence-electron chi connectivity index (χ2n) is 4.24. The van der Waals surface area contributed by atoms with E-state index in [0.717, 1.165) is 12.1 Å². The predicted molar refractivity (Wildman–Crippen MR) is 80.6 cm³/mol. The van der Waals surface area contributed by atoms with Crippen LogP contribution in [0.5, 0.6) is 0 Å². The molecule has 1 rings (SSSR count). The maximum absolute atomic E-state index is 13.7. The summed E-state index contributed by atoms with van der Waals surface area (Å²) in [5.41, 5.74) is -0.140. The molecule has 0 heterocycles. The average molecular weight is 403 g/mol. The molecular weight excluding hydrogens is 389 g/mol. The van der Waals surface area contributed by atoms with E-state index >= 15 is 0 Å². The van der Waals surface area contributed by atoms with Gasteiger partial charge >= 0.3 is 0 Å². The summed E-state index contributed by atoms with van der Waals surface area (Å²) in [4.78, 5) is 11.5. The SMILES string of the molecule is CCOCC(C)NC(=O)c1cc(F)c(Br)c(S(=O)(=O)Cl)c1. The van der Waals surface area contributed by atoms with Crippen molar-refractivity contribution in [2.75, 3.05) is 13.2 Å². The van der Waals surface area contributed by atoms with Crippen molar-refractivity contribution in [1.29, 1.82) is 0 Å². The van der Waals surface area contributed by atoms with Crippen molar-refractivity contribution >= 4 is 41.6 Å². The predicted octanol–water partition coefficient (Wildman–Crippen LogP) is 2.67. The Morgan fingerprint density at radius 1 is 1.52 bits per heavy atom. The van der Waals surface area contributed by atoms with Gasteiger partial charge in [-0.1, -0.05) is 0 Å². The number of ether oxygens (including phenoxy) is 1. The molecule has 1 unspecified atom stereocenters. The van der Waals surface area contributed by atoms with Gasteiger partial charge in [-0.2, -0.15) is 0 Å². The summed E-state index contributed by atoms with van der Waals surface area (Å²) in [5.74, 6) is -1.51. The normalized spacial score (nSPS) is 13.0. The minimum Gasteiger partial charge on any atom is -0.380 e. The second kappa shape index (κ2) is 7.53. The Morgan fingerprint density at radius 2 is 2.14 bits per heavy atom. The number of amides is 1. The van der Waals surface area contributed by atoms with Crippen LogP contribution in [0.2, 0.25) is 0 Å². The van der Waals surface area contributed by atoms with Crippen LogP contribution >= 0.6 is 26.6 Å². The molecule has 0 fully saturated rings. The Bertz CT molecular complexity index is 638. The Hall–Kier alpha value is -0.700. The molecule has 0 spiro atoms. The van der Waals surface area contributed by atoms with Crippen molar-refractivity contribution in [2.24, 2.45) is 0 Å². The van der Waals surface area contributed by atoms with Gasteiger partial charge in [-0.3, -0.25) is 4.79 Å². The molecule has 118 valence electrons. The fourth-order valence-electron chi connectivity index (χ4n) is 1.52. The van der Waals surface area contributed by atoms with Crippen molar-refractivity contribution in [3.8, 4) is 0 Å². The van der Waals surface area contributed by atoms with Crippen molar-refractivity contribution < 1.29 is 22.3 Å². The lowest BCUT2D eigenvalue weighted by Crippen LogP contribution is -2.36. The minimum absolute atomic E-state index is 0.140. The number of nitrogens with one attached hydrogen (secondary N) is 1. The van der Waals surface area contributed by atoms with Gasteiger partial charge in [-0.05, 0) is 41.9 Å². The largest absolute Gasteiger partial charge is 0.380 e. The summed E-state index contributed by atoms with van der Waals surface area (Å²) in [6.45, 7) is 4.32. The first-order chi connectivity index (χ1) is 9.66. The van der Waals surface area contributed by atoms with Gasteiger partial charge in [-0.15, -0.1) is 0 Å². The molecule has 1 atom stereocenters. The van der Waals surface area contributed by atoms with E-state index in [9.17, 15) is 17.6 Å². The van der Waals surface area contributed by atoms with Crippen LogP contribution in [0, 0.1) is 5.82 Å². The Morgan fingerprint density at radius 3 is 2.67 bits per heavy atom. The summed E-state index contributed by atoms with van der Waals surface area (Å²) in [7, 11) is 1.04. The van der Waals surface area contributed by atoms with E-state index in [1.54, 1.807) is 6.92 Å². The second-order valence-corrected chi connectivity index (χ2v) is 7.57. The summed E-state index contributed by atoms with van der Waals surface area (Å²) < 4.78 is 41.2. The number of carbonyl (C=O) groups is 1. The summed E-state index contributed by atoms with van der Waals surface area (Å²) >= 11 is 2.79. The third-order valence-electron chi connectivity index (χ3n) is 2.47. The van der Waals surface area contributed by atoms with Gasteiger partial charge in [0.25, 0.3) is 15.0 Å². The quantitative estimate of drug-likeness (QED) is 0.743. The summed E-state index contributed by atoms with van der Waals surface area (Å²) in [6.07, 6.45) is 0. The van der Waals surface area contributed by atoms with Crippen LogP contribution < -0.4 is 5.32 Å². The molecule has 0 aromatic heterocycles. The number of halogens is 3. The number of hydrogen-bond donors (Lipinski definition) is 1. The highest BCUT2D eigenvalue weighted by atomic mass is 79.9. The molecule has 0 saturated heterocycles. The molecule has 21 heavy (non-hydrogen) atoms. The van der Waals surface area contributed by atoms with Crippen LogP contribution in [-0.2, 0) is 13.8 Å². The maximum Gasteiger partial charge on any atom is 0.262 e. The maximum atomic E-state index is 13.7. The molecular formula is C12H14BrClFNO4S. The van der Waals surface area contributed by atoms with E-state index in [1.807, 2.05) is 6.92 Å². The molecule has 5 nitrogen and oxygen atoms in total.